The van der Waals surface area contributed by atoms with E-state index in [1.54, 1.807) is 18.4 Å². The third kappa shape index (κ3) is 3.29. The van der Waals surface area contributed by atoms with E-state index in [2.05, 4.69) is 46.6 Å². The van der Waals surface area contributed by atoms with E-state index in [9.17, 15) is 0 Å². The topological polar surface area (TPSA) is 47.3 Å². The molecule has 1 heterocycles. The molecule has 0 aliphatic rings. The number of rotatable bonds is 7. The molecule has 1 aromatic heterocycles. The summed E-state index contributed by atoms with van der Waals surface area (Å²) in [7, 11) is 1.76. The van der Waals surface area contributed by atoms with Gasteiger partial charge in [0.2, 0.25) is 0 Å². The number of hydrazine groups is 1. The highest BCUT2D eigenvalue weighted by atomic mass is 79.9. The van der Waals surface area contributed by atoms with Crippen molar-refractivity contribution < 1.29 is 4.74 Å². The Labute approximate surface area is 116 Å². The smallest absolute Gasteiger partial charge is 0.0842 e. The minimum absolute atomic E-state index is 0.123. The van der Waals surface area contributed by atoms with Crippen LogP contribution in [0.1, 0.15) is 31.6 Å². The fourth-order valence-electron chi connectivity index (χ4n) is 2.23. The van der Waals surface area contributed by atoms with E-state index in [1.807, 2.05) is 0 Å². The minimum atomic E-state index is -0.196. The number of ether oxygens (including phenoxy) is 1. The predicted molar refractivity (Wildman–Crippen MR) is 77.2 cm³/mol. The number of hydrogen-bond acceptors (Lipinski definition) is 4. The summed E-state index contributed by atoms with van der Waals surface area (Å²) < 4.78 is 6.88. The van der Waals surface area contributed by atoms with Gasteiger partial charge in [-0.25, -0.2) is 0 Å². The van der Waals surface area contributed by atoms with Gasteiger partial charge in [0.1, 0.15) is 0 Å². The fourth-order valence-corrected chi connectivity index (χ4v) is 3.79. The highest BCUT2D eigenvalue weighted by molar-refractivity contribution is 9.10. The van der Waals surface area contributed by atoms with Crippen LogP contribution in [0.4, 0.5) is 0 Å². The molecule has 0 aliphatic heterocycles. The third-order valence-electron chi connectivity index (χ3n) is 3.52. The van der Waals surface area contributed by atoms with Gasteiger partial charge >= 0.3 is 0 Å². The zero-order valence-electron chi connectivity index (χ0n) is 10.6. The van der Waals surface area contributed by atoms with E-state index in [0.29, 0.717) is 0 Å². The number of methoxy groups -OCH3 is 1. The van der Waals surface area contributed by atoms with E-state index in [0.717, 1.165) is 23.7 Å². The van der Waals surface area contributed by atoms with Crippen LogP contribution in [0.25, 0.3) is 0 Å². The Morgan fingerprint density at radius 2 is 2.18 bits per heavy atom. The Morgan fingerprint density at radius 1 is 1.53 bits per heavy atom. The Bertz CT molecular complexity index is 331. The molecule has 1 aromatic rings. The summed E-state index contributed by atoms with van der Waals surface area (Å²) in [6.45, 7) is 4.28. The lowest BCUT2D eigenvalue weighted by Crippen LogP contribution is -2.55. The van der Waals surface area contributed by atoms with E-state index < -0.39 is 0 Å². The van der Waals surface area contributed by atoms with Crippen LogP contribution in [0.2, 0.25) is 0 Å². The zero-order valence-corrected chi connectivity index (χ0v) is 13.0. The molecule has 0 amide bonds. The number of nitrogens with two attached hydrogens (primary N) is 1. The van der Waals surface area contributed by atoms with Gasteiger partial charge in [-0.3, -0.25) is 11.3 Å². The third-order valence-corrected chi connectivity index (χ3v) is 5.47. The standard InChI is InChI=1S/C12H21BrN2OS/c1-4-12(5-2,16-3)11(15-14)8-10-9(13)6-7-17-10/h6-7,11,15H,4-5,8,14H2,1-3H3. The first-order chi connectivity index (χ1) is 8.13. The van der Waals surface area contributed by atoms with Crippen LogP contribution in [0, 0.1) is 0 Å². The molecular formula is C12H21BrN2OS. The molecule has 17 heavy (non-hydrogen) atoms. The lowest BCUT2D eigenvalue weighted by Gasteiger charge is -2.38. The van der Waals surface area contributed by atoms with Crippen LogP contribution in [0.15, 0.2) is 15.9 Å². The summed E-state index contributed by atoms with van der Waals surface area (Å²) in [6, 6.07) is 2.19. The molecule has 0 aromatic carbocycles. The summed E-state index contributed by atoms with van der Waals surface area (Å²) in [5.41, 5.74) is 2.73. The molecule has 1 unspecified atom stereocenters. The molecule has 0 saturated heterocycles. The van der Waals surface area contributed by atoms with Gasteiger partial charge in [-0.05, 0) is 40.2 Å². The molecule has 0 spiro atoms. The molecule has 0 bridgehead atoms. The minimum Gasteiger partial charge on any atom is -0.377 e. The number of thiophene rings is 1. The van der Waals surface area contributed by atoms with Crippen molar-refractivity contribution in [2.24, 2.45) is 5.84 Å². The van der Waals surface area contributed by atoms with Gasteiger partial charge < -0.3 is 4.74 Å². The van der Waals surface area contributed by atoms with Crippen LogP contribution >= 0.6 is 27.3 Å². The van der Waals surface area contributed by atoms with Gasteiger partial charge in [0, 0.05) is 22.9 Å². The van der Waals surface area contributed by atoms with E-state index >= 15 is 0 Å². The lowest BCUT2D eigenvalue weighted by atomic mass is 9.86. The van der Waals surface area contributed by atoms with Gasteiger partial charge in [0.25, 0.3) is 0 Å². The summed E-state index contributed by atoms with van der Waals surface area (Å²) in [4.78, 5) is 1.30. The largest absolute Gasteiger partial charge is 0.377 e. The van der Waals surface area contributed by atoms with Gasteiger partial charge in [0.05, 0.1) is 11.6 Å². The fraction of sp³-hybridized carbons (Fsp3) is 0.667. The summed E-state index contributed by atoms with van der Waals surface area (Å²) in [5.74, 6) is 5.71. The Kier molecular flexibility index (Phi) is 6.09. The maximum absolute atomic E-state index is 5.72. The summed E-state index contributed by atoms with van der Waals surface area (Å²) >= 11 is 5.30. The maximum Gasteiger partial charge on any atom is 0.0842 e. The molecule has 3 nitrogen and oxygen atoms in total. The Balaban J connectivity index is 2.87. The van der Waals surface area contributed by atoms with Crippen molar-refractivity contribution in [1.82, 2.24) is 5.43 Å². The van der Waals surface area contributed by atoms with Gasteiger partial charge in [-0.15, -0.1) is 11.3 Å². The summed E-state index contributed by atoms with van der Waals surface area (Å²) in [6.07, 6.45) is 2.76. The van der Waals surface area contributed by atoms with Crippen LogP contribution in [-0.2, 0) is 11.2 Å². The molecule has 98 valence electrons. The first kappa shape index (κ1) is 15.1. The molecule has 0 radical (unpaired) electrons. The van der Waals surface area contributed by atoms with Crippen molar-refractivity contribution in [3.05, 3.63) is 20.8 Å². The molecule has 0 fully saturated rings. The average Bonchev–Trinajstić information content (AvgIpc) is 2.76. The van der Waals surface area contributed by atoms with Gasteiger partial charge in [-0.1, -0.05) is 13.8 Å². The molecule has 3 N–H and O–H groups in total. The molecular weight excluding hydrogens is 300 g/mol. The Hall–Kier alpha value is 0.0600. The highest BCUT2D eigenvalue weighted by Crippen LogP contribution is 2.30. The van der Waals surface area contributed by atoms with Crippen molar-refractivity contribution >= 4 is 27.3 Å². The van der Waals surface area contributed by atoms with Crippen molar-refractivity contribution in [2.45, 2.75) is 44.8 Å². The van der Waals surface area contributed by atoms with Gasteiger partial charge in [0.15, 0.2) is 0 Å². The van der Waals surface area contributed by atoms with Crippen LogP contribution in [0.5, 0.6) is 0 Å². The SMILES string of the molecule is CCC(CC)(OC)C(Cc1sccc1Br)NN. The van der Waals surface area contributed by atoms with Crippen LogP contribution in [-0.4, -0.2) is 18.8 Å². The van der Waals surface area contributed by atoms with E-state index in [1.165, 1.54) is 4.88 Å². The second-order valence-corrected chi connectivity index (χ2v) is 5.95. The molecule has 0 saturated carbocycles. The first-order valence-electron chi connectivity index (χ1n) is 5.86. The molecule has 0 aliphatic carbocycles. The molecule has 5 heteroatoms. The van der Waals surface area contributed by atoms with Crippen molar-refractivity contribution in [3.8, 4) is 0 Å². The second kappa shape index (κ2) is 6.85. The average molecular weight is 321 g/mol. The number of nitrogens with one attached hydrogen (secondary N) is 1. The first-order valence-corrected chi connectivity index (χ1v) is 7.53. The van der Waals surface area contributed by atoms with Crippen LogP contribution in [0.3, 0.4) is 0 Å². The second-order valence-electron chi connectivity index (χ2n) is 4.09. The normalized spacial score (nSPS) is 13.9. The van der Waals surface area contributed by atoms with Crippen molar-refractivity contribution in [3.63, 3.8) is 0 Å². The van der Waals surface area contributed by atoms with Crippen molar-refractivity contribution in [1.29, 1.82) is 0 Å². The highest BCUT2D eigenvalue weighted by Gasteiger charge is 2.35. The number of hydrogen-bond donors (Lipinski definition) is 2. The Morgan fingerprint density at radius 3 is 2.53 bits per heavy atom. The van der Waals surface area contributed by atoms with Crippen molar-refractivity contribution in [2.75, 3.05) is 7.11 Å². The zero-order chi connectivity index (χ0) is 12.9. The maximum atomic E-state index is 5.72. The predicted octanol–water partition coefficient (Wildman–Crippen LogP) is 3.09. The summed E-state index contributed by atoms with van der Waals surface area (Å²) in [5, 5.41) is 2.08. The van der Waals surface area contributed by atoms with E-state index in [4.69, 9.17) is 10.6 Å². The number of halogens is 1. The van der Waals surface area contributed by atoms with Crippen LogP contribution < -0.4 is 11.3 Å². The quantitative estimate of drug-likeness (QED) is 0.599. The molecule has 1 atom stereocenters. The molecule has 1 rings (SSSR count). The van der Waals surface area contributed by atoms with E-state index in [-0.39, 0.29) is 11.6 Å². The monoisotopic (exact) mass is 320 g/mol. The van der Waals surface area contributed by atoms with Gasteiger partial charge in [-0.2, -0.15) is 0 Å². The lowest BCUT2D eigenvalue weighted by molar-refractivity contribution is -0.0471.